The molecule has 1 atom stereocenters. The van der Waals surface area contributed by atoms with Crippen molar-refractivity contribution in [3.8, 4) is 0 Å². The van der Waals surface area contributed by atoms with Gasteiger partial charge in [0.2, 0.25) is 5.91 Å². The van der Waals surface area contributed by atoms with Crippen molar-refractivity contribution in [3.63, 3.8) is 0 Å². The molecule has 0 aromatic heterocycles. The van der Waals surface area contributed by atoms with E-state index in [1.807, 2.05) is 12.1 Å². The predicted molar refractivity (Wildman–Crippen MR) is 122 cm³/mol. The van der Waals surface area contributed by atoms with E-state index in [0.717, 1.165) is 15.5 Å². The number of hydrogen-bond donors (Lipinski definition) is 2. The van der Waals surface area contributed by atoms with Gasteiger partial charge in [-0.2, -0.15) is 0 Å². The van der Waals surface area contributed by atoms with Crippen LogP contribution in [0.4, 0.5) is 0 Å². The van der Waals surface area contributed by atoms with Crippen LogP contribution < -0.4 is 10.6 Å². The van der Waals surface area contributed by atoms with E-state index in [1.54, 1.807) is 36.0 Å². The molecule has 0 spiro atoms. The minimum Gasteiger partial charge on any atom is -0.348 e. The zero-order valence-corrected chi connectivity index (χ0v) is 19.1. The first-order chi connectivity index (χ1) is 15.7. The smallest absolute Gasteiger partial charge is 0.262 e. The first kappa shape index (κ1) is 22.7. The molecule has 33 heavy (non-hydrogen) atoms. The summed E-state index contributed by atoms with van der Waals surface area (Å²) < 4.78 is 0. The van der Waals surface area contributed by atoms with Crippen molar-refractivity contribution in [3.05, 3.63) is 64.7 Å². The third-order valence-corrected chi connectivity index (χ3v) is 6.80. The Morgan fingerprint density at radius 3 is 2.42 bits per heavy atom. The number of nitrogens with zero attached hydrogens (tertiary/aromatic N) is 1. The Morgan fingerprint density at radius 2 is 1.76 bits per heavy atom. The van der Waals surface area contributed by atoms with E-state index in [2.05, 4.69) is 17.6 Å². The maximum atomic E-state index is 13.1. The molecule has 1 fully saturated rings. The van der Waals surface area contributed by atoms with Crippen LogP contribution in [0.1, 0.15) is 63.3 Å². The number of rotatable bonds is 6. The van der Waals surface area contributed by atoms with Gasteiger partial charge in [0, 0.05) is 23.4 Å². The number of hydrogen-bond acceptors (Lipinski definition) is 6. The topological polar surface area (TPSA) is 113 Å². The Hall–Kier alpha value is -3.46. The van der Waals surface area contributed by atoms with Gasteiger partial charge in [-0.1, -0.05) is 13.0 Å². The zero-order valence-electron chi connectivity index (χ0n) is 18.3. The van der Waals surface area contributed by atoms with Crippen LogP contribution in [0.3, 0.4) is 0 Å². The van der Waals surface area contributed by atoms with Gasteiger partial charge in [0.25, 0.3) is 23.6 Å². The Bertz CT molecular complexity index is 1180. The van der Waals surface area contributed by atoms with Gasteiger partial charge in [-0.3, -0.25) is 34.2 Å². The van der Waals surface area contributed by atoms with Crippen LogP contribution in [0.5, 0.6) is 0 Å². The third-order valence-electron chi connectivity index (χ3n) is 5.91. The van der Waals surface area contributed by atoms with Crippen LogP contribution in [-0.2, 0) is 16.1 Å². The van der Waals surface area contributed by atoms with Gasteiger partial charge in [-0.25, -0.2) is 0 Å². The molecule has 1 saturated heterocycles. The molecule has 9 heteroatoms. The maximum Gasteiger partial charge on any atom is 0.262 e. The maximum absolute atomic E-state index is 13.1. The number of imide groups is 2. The second-order valence-electron chi connectivity index (χ2n) is 8.12. The monoisotopic (exact) mass is 465 g/mol. The Kier molecular flexibility index (Phi) is 6.07. The fourth-order valence-corrected chi connectivity index (χ4v) is 4.67. The van der Waals surface area contributed by atoms with E-state index >= 15 is 0 Å². The summed E-state index contributed by atoms with van der Waals surface area (Å²) in [6, 6.07) is 12.1. The van der Waals surface area contributed by atoms with Gasteiger partial charge in [0.15, 0.2) is 0 Å². The van der Waals surface area contributed by atoms with Crippen LogP contribution in [0.2, 0.25) is 0 Å². The lowest BCUT2D eigenvalue weighted by molar-refractivity contribution is -0.140. The lowest BCUT2D eigenvalue weighted by Gasteiger charge is -2.38. The Labute approximate surface area is 195 Å². The number of nitrogens with one attached hydrogen (secondary N) is 2. The van der Waals surface area contributed by atoms with Crippen LogP contribution in [0.15, 0.2) is 47.4 Å². The molecule has 170 valence electrons. The fraction of sp³-hybridized carbons (Fsp3) is 0.292. The van der Waals surface area contributed by atoms with Crippen molar-refractivity contribution in [2.24, 2.45) is 0 Å². The molecule has 2 aromatic rings. The highest BCUT2D eigenvalue weighted by Gasteiger charge is 2.52. The van der Waals surface area contributed by atoms with Crippen molar-refractivity contribution in [1.82, 2.24) is 15.5 Å². The minimum absolute atomic E-state index is 0.0467. The summed E-state index contributed by atoms with van der Waals surface area (Å²) in [5.74, 6) is -1.54. The molecule has 0 saturated carbocycles. The molecule has 5 amide bonds. The number of fused-ring (bicyclic) bond motifs is 1. The van der Waals surface area contributed by atoms with E-state index in [-0.39, 0.29) is 36.4 Å². The second-order valence-corrected chi connectivity index (χ2v) is 9.45. The van der Waals surface area contributed by atoms with Crippen molar-refractivity contribution in [2.45, 2.75) is 43.7 Å². The molecule has 2 heterocycles. The largest absolute Gasteiger partial charge is 0.348 e. The van der Waals surface area contributed by atoms with Crippen LogP contribution in [0.25, 0.3) is 0 Å². The summed E-state index contributed by atoms with van der Waals surface area (Å²) in [6.45, 7) is 3.72. The summed E-state index contributed by atoms with van der Waals surface area (Å²) in [5, 5.41) is 5.03. The van der Waals surface area contributed by atoms with E-state index in [0.29, 0.717) is 11.1 Å². The molecule has 0 unspecified atom stereocenters. The summed E-state index contributed by atoms with van der Waals surface area (Å²) in [5.41, 5.74) is 0.123. The average molecular weight is 466 g/mol. The lowest BCUT2D eigenvalue weighted by atomic mass is 9.89. The van der Waals surface area contributed by atoms with Gasteiger partial charge in [0.1, 0.15) is 5.54 Å². The molecule has 0 bridgehead atoms. The molecular formula is C24H23N3O5S. The van der Waals surface area contributed by atoms with Gasteiger partial charge in [0.05, 0.1) is 11.1 Å². The highest BCUT2D eigenvalue weighted by Crippen LogP contribution is 2.34. The number of amides is 5. The zero-order chi connectivity index (χ0) is 23.8. The van der Waals surface area contributed by atoms with Crippen molar-refractivity contribution < 1.29 is 24.0 Å². The van der Waals surface area contributed by atoms with Gasteiger partial charge in [-0.15, -0.1) is 11.8 Å². The Balaban J connectivity index is 1.48. The summed E-state index contributed by atoms with van der Waals surface area (Å²) in [4.78, 5) is 64.5. The number of carbonyl (C=O) groups excluding carboxylic acids is 5. The summed E-state index contributed by atoms with van der Waals surface area (Å²) >= 11 is 1.69. The van der Waals surface area contributed by atoms with Crippen molar-refractivity contribution in [2.75, 3.05) is 5.75 Å². The number of benzene rings is 2. The predicted octanol–water partition coefficient (Wildman–Crippen LogP) is 2.52. The van der Waals surface area contributed by atoms with Gasteiger partial charge < -0.3 is 5.32 Å². The van der Waals surface area contributed by atoms with Crippen LogP contribution in [-0.4, -0.2) is 45.7 Å². The van der Waals surface area contributed by atoms with E-state index in [9.17, 15) is 24.0 Å². The summed E-state index contributed by atoms with van der Waals surface area (Å²) in [6.07, 6.45) is 0.118. The normalized spacial score (nSPS) is 20.0. The minimum atomic E-state index is -1.43. The highest BCUT2D eigenvalue weighted by molar-refractivity contribution is 7.99. The molecular weight excluding hydrogens is 442 g/mol. The lowest BCUT2D eigenvalue weighted by Crippen LogP contribution is -2.62. The van der Waals surface area contributed by atoms with Crippen molar-refractivity contribution >= 4 is 41.3 Å². The van der Waals surface area contributed by atoms with Crippen molar-refractivity contribution in [1.29, 1.82) is 0 Å². The Morgan fingerprint density at radius 1 is 1.06 bits per heavy atom. The van der Waals surface area contributed by atoms with Gasteiger partial charge >= 0.3 is 0 Å². The highest BCUT2D eigenvalue weighted by atomic mass is 32.2. The van der Waals surface area contributed by atoms with Crippen LogP contribution in [0, 0.1) is 0 Å². The van der Waals surface area contributed by atoms with E-state index < -0.39 is 29.2 Å². The molecule has 2 aliphatic heterocycles. The molecule has 2 aliphatic rings. The quantitative estimate of drug-likeness (QED) is 0.501. The first-order valence-corrected chi connectivity index (χ1v) is 11.6. The second kappa shape index (κ2) is 8.82. The van der Waals surface area contributed by atoms with E-state index in [4.69, 9.17) is 0 Å². The number of carbonyl (C=O) groups is 5. The van der Waals surface area contributed by atoms with Crippen LogP contribution >= 0.6 is 11.8 Å². The van der Waals surface area contributed by atoms with E-state index in [1.165, 1.54) is 13.0 Å². The SMILES string of the molecule is CCSc1ccc(C(=O)NCc2ccc3c(c2)C(=O)N([C@@]2(C)CCC(=O)NC2=O)C3=O)cc1. The molecule has 2 aromatic carbocycles. The number of thioether (sulfide) groups is 1. The molecule has 0 aliphatic carbocycles. The molecule has 8 nitrogen and oxygen atoms in total. The fourth-order valence-electron chi connectivity index (χ4n) is 4.01. The average Bonchev–Trinajstić information content (AvgIpc) is 3.05. The third kappa shape index (κ3) is 4.16. The molecule has 0 radical (unpaired) electrons. The first-order valence-electron chi connectivity index (χ1n) is 10.6. The summed E-state index contributed by atoms with van der Waals surface area (Å²) in [7, 11) is 0. The number of piperidine rings is 1. The standard InChI is InChI=1S/C24H23N3O5S/c1-3-33-16-7-5-15(6-8-16)20(29)25-13-14-4-9-17-18(12-14)22(31)27(21(17)30)24(2)11-10-19(28)26-23(24)32/h4-9,12H,3,10-11,13H2,1-2H3,(H,25,29)(H,26,28,32)/t24-/m0/s1. The molecule has 4 rings (SSSR count). The molecule has 2 N–H and O–H groups in total. The van der Waals surface area contributed by atoms with Gasteiger partial charge in [-0.05, 0) is 61.1 Å².